The van der Waals surface area contributed by atoms with E-state index in [1.54, 1.807) is 19.1 Å². The monoisotopic (exact) mass is 266 g/mol. The molecule has 0 saturated carbocycles. The molecule has 0 aliphatic heterocycles. The molecule has 102 valence electrons. The number of aromatic nitrogens is 2. The second kappa shape index (κ2) is 5.51. The normalized spacial score (nSPS) is 21.3. The van der Waals surface area contributed by atoms with Crippen LogP contribution in [0, 0.1) is 12.8 Å². The highest BCUT2D eigenvalue weighted by atomic mass is 16.5. The lowest BCUT2D eigenvalue weighted by molar-refractivity contribution is -0.140. The largest absolute Gasteiger partial charge is 0.481 e. The van der Waals surface area contributed by atoms with E-state index in [1.807, 2.05) is 0 Å². The Labute approximate surface area is 108 Å². The number of carboxylic acid groups (broad SMARTS) is 1. The molecule has 2 amide bonds. The molecule has 1 aliphatic carbocycles. The van der Waals surface area contributed by atoms with Crippen molar-refractivity contribution in [2.24, 2.45) is 5.92 Å². The first-order valence-corrected chi connectivity index (χ1v) is 5.79. The quantitative estimate of drug-likeness (QED) is 0.670. The Morgan fingerprint density at radius 1 is 1.53 bits per heavy atom. The lowest BCUT2D eigenvalue weighted by Gasteiger charge is -2.12. The number of carbonyl (C=O) groups excluding carboxylic acids is 1. The highest BCUT2D eigenvalue weighted by molar-refractivity contribution is 5.76. The molecule has 0 saturated heterocycles. The number of carboxylic acids is 1. The lowest BCUT2D eigenvalue weighted by Crippen LogP contribution is -2.40. The van der Waals surface area contributed by atoms with Gasteiger partial charge in [0.25, 0.3) is 0 Å². The molecular formula is C11H14N4O4. The van der Waals surface area contributed by atoms with Crippen molar-refractivity contribution in [3.63, 3.8) is 0 Å². The summed E-state index contributed by atoms with van der Waals surface area (Å²) in [5.41, 5.74) is 0. The zero-order valence-electron chi connectivity index (χ0n) is 10.3. The van der Waals surface area contributed by atoms with Crippen molar-refractivity contribution in [1.29, 1.82) is 0 Å². The summed E-state index contributed by atoms with van der Waals surface area (Å²) in [6, 6.07) is -0.670. The summed E-state index contributed by atoms with van der Waals surface area (Å²) in [6.07, 6.45) is 3.62. The molecule has 2 rings (SSSR count). The number of rotatable bonds is 4. The molecule has 1 heterocycles. The molecule has 1 aromatic rings. The first kappa shape index (κ1) is 13.1. The first-order valence-electron chi connectivity index (χ1n) is 5.79. The molecular weight excluding hydrogens is 252 g/mol. The van der Waals surface area contributed by atoms with E-state index in [2.05, 4.69) is 20.8 Å². The Morgan fingerprint density at radius 2 is 2.32 bits per heavy atom. The van der Waals surface area contributed by atoms with E-state index in [4.69, 9.17) is 9.63 Å². The van der Waals surface area contributed by atoms with Gasteiger partial charge in [-0.05, 0) is 6.42 Å². The molecule has 0 aromatic carbocycles. The van der Waals surface area contributed by atoms with Crippen molar-refractivity contribution in [3.8, 4) is 0 Å². The molecule has 0 radical (unpaired) electrons. The number of urea groups is 1. The van der Waals surface area contributed by atoms with Crippen LogP contribution in [-0.2, 0) is 11.3 Å². The summed E-state index contributed by atoms with van der Waals surface area (Å²) in [4.78, 5) is 26.2. The summed E-state index contributed by atoms with van der Waals surface area (Å²) in [5.74, 6) is -0.605. The van der Waals surface area contributed by atoms with Crippen LogP contribution in [0.25, 0.3) is 0 Å². The smallest absolute Gasteiger partial charge is 0.315 e. The highest BCUT2D eigenvalue weighted by Gasteiger charge is 2.25. The molecule has 0 bridgehead atoms. The fraction of sp³-hybridized carbons (Fsp3) is 0.455. The fourth-order valence-electron chi connectivity index (χ4n) is 1.78. The summed E-state index contributed by atoms with van der Waals surface area (Å²) < 4.78 is 4.76. The van der Waals surface area contributed by atoms with Crippen molar-refractivity contribution in [2.75, 3.05) is 0 Å². The third kappa shape index (κ3) is 3.54. The number of amides is 2. The number of aliphatic carboxylic acids is 1. The molecule has 19 heavy (non-hydrogen) atoms. The second-order valence-electron chi connectivity index (χ2n) is 4.23. The zero-order chi connectivity index (χ0) is 13.8. The SMILES string of the molecule is Cc1nc(CNC(=O)NC2C=CC(C(=O)O)C2)no1. The summed E-state index contributed by atoms with van der Waals surface area (Å²) in [5, 5.41) is 17.7. The van der Waals surface area contributed by atoms with Crippen LogP contribution < -0.4 is 10.6 Å². The number of hydrogen-bond donors (Lipinski definition) is 3. The summed E-state index contributed by atoms with van der Waals surface area (Å²) >= 11 is 0. The van der Waals surface area contributed by atoms with Crippen LogP contribution in [0.2, 0.25) is 0 Å². The highest BCUT2D eigenvalue weighted by Crippen LogP contribution is 2.17. The van der Waals surface area contributed by atoms with Crippen molar-refractivity contribution < 1.29 is 19.2 Å². The summed E-state index contributed by atoms with van der Waals surface area (Å²) in [6.45, 7) is 1.81. The number of hydrogen-bond acceptors (Lipinski definition) is 5. The van der Waals surface area contributed by atoms with Gasteiger partial charge in [-0.3, -0.25) is 4.79 Å². The average molecular weight is 266 g/mol. The Bertz CT molecular complexity index is 511. The van der Waals surface area contributed by atoms with E-state index in [-0.39, 0.29) is 12.6 Å². The van der Waals surface area contributed by atoms with Gasteiger partial charge in [0.1, 0.15) is 0 Å². The van der Waals surface area contributed by atoms with Crippen LogP contribution in [0.15, 0.2) is 16.7 Å². The van der Waals surface area contributed by atoms with Gasteiger partial charge in [-0.15, -0.1) is 0 Å². The predicted octanol–water partition coefficient (Wildman–Crippen LogP) is 0.207. The second-order valence-corrected chi connectivity index (χ2v) is 4.23. The third-order valence-corrected chi connectivity index (χ3v) is 2.69. The van der Waals surface area contributed by atoms with Crippen molar-refractivity contribution in [2.45, 2.75) is 25.9 Å². The molecule has 8 heteroatoms. The Hall–Kier alpha value is -2.38. The van der Waals surface area contributed by atoms with Gasteiger partial charge < -0.3 is 20.3 Å². The van der Waals surface area contributed by atoms with Crippen LogP contribution in [-0.4, -0.2) is 33.3 Å². The maximum absolute atomic E-state index is 11.6. The number of aryl methyl sites for hydroxylation is 1. The topological polar surface area (TPSA) is 117 Å². The van der Waals surface area contributed by atoms with Crippen molar-refractivity contribution in [1.82, 2.24) is 20.8 Å². The molecule has 3 N–H and O–H groups in total. The van der Waals surface area contributed by atoms with E-state index < -0.39 is 17.9 Å². The molecule has 8 nitrogen and oxygen atoms in total. The maximum atomic E-state index is 11.6. The lowest BCUT2D eigenvalue weighted by atomic mass is 10.1. The molecule has 2 atom stereocenters. The summed E-state index contributed by atoms with van der Waals surface area (Å²) in [7, 11) is 0. The molecule has 0 fully saturated rings. The minimum atomic E-state index is -0.886. The van der Waals surface area contributed by atoms with Gasteiger partial charge in [0.05, 0.1) is 18.5 Å². The Morgan fingerprint density at radius 3 is 2.89 bits per heavy atom. The van der Waals surface area contributed by atoms with Crippen molar-refractivity contribution >= 4 is 12.0 Å². The van der Waals surface area contributed by atoms with E-state index in [0.717, 1.165) is 0 Å². The number of nitrogens with one attached hydrogen (secondary N) is 2. The molecule has 0 spiro atoms. The number of nitrogens with zero attached hydrogens (tertiary/aromatic N) is 2. The number of carbonyl (C=O) groups is 2. The van der Waals surface area contributed by atoms with Crippen LogP contribution in [0.1, 0.15) is 18.1 Å². The van der Waals surface area contributed by atoms with Gasteiger partial charge in [-0.25, -0.2) is 4.79 Å². The molecule has 1 aliphatic rings. The van der Waals surface area contributed by atoms with Crippen LogP contribution >= 0.6 is 0 Å². The first-order chi connectivity index (χ1) is 9.04. The minimum Gasteiger partial charge on any atom is -0.481 e. The van der Waals surface area contributed by atoms with Gasteiger partial charge in [0.15, 0.2) is 5.82 Å². The fourth-order valence-corrected chi connectivity index (χ4v) is 1.78. The van der Waals surface area contributed by atoms with Gasteiger partial charge in [-0.2, -0.15) is 4.98 Å². The van der Waals surface area contributed by atoms with Crippen molar-refractivity contribution in [3.05, 3.63) is 23.9 Å². The molecule has 1 aromatic heterocycles. The zero-order valence-corrected chi connectivity index (χ0v) is 10.3. The van der Waals surface area contributed by atoms with E-state index in [9.17, 15) is 9.59 Å². The van der Waals surface area contributed by atoms with Gasteiger partial charge in [0.2, 0.25) is 5.89 Å². The van der Waals surface area contributed by atoms with Crippen LogP contribution in [0.3, 0.4) is 0 Å². The average Bonchev–Trinajstić information content (AvgIpc) is 2.96. The van der Waals surface area contributed by atoms with E-state index >= 15 is 0 Å². The van der Waals surface area contributed by atoms with Gasteiger partial charge >= 0.3 is 12.0 Å². The predicted molar refractivity (Wildman–Crippen MR) is 63.1 cm³/mol. The van der Waals surface area contributed by atoms with Crippen LogP contribution in [0.5, 0.6) is 0 Å². The van der Waals surface area contributed by atoms with Gasteiger partial charge in [-0.1, -0.05) is 17.3 Å². The third-order valence-electron chi connectivity index (χ3n) is 2.69. The minimum absolute atomic E-state index is 0.155. The van der Waals surface area contributed by atoms with Gasteiger partial charge in [0, 0.05) is 6.92 Å². The van der Waals surface area contributed by atoms with E-state index in [1.165, 1.54) is 0 Å². The maximum Gasteiger partial charge on any atom is 0.315 e. The Balaban J connectivity index is 1.74. The van der Waals surface area contributed by atoms with E-state index in [0.29, 0.717) is 18.1 Å². The molecule has 2 unspecified atom stereocenters. The Kier molecular flexibility index (Phi) is 3.79. The standard InChI is InChI=1S/C11H14N4O4/c1-6-13-9(15-19-6)5-12-11(18)14-8-3-2-7(4-8)10(16)17/h2-3,7-8H,4-5H2,1H3,(H,16,17)(H2,12,14,18). The van der Waals surface area contributed by atoms with Crippen LogP contribution in [0.4, 0.5) is 4.79 Å².